The van der Waals surface area contributed by atoms with Crippen LogP contribution in [-0.2, 0) is 16.2 Å². The molecule has 3 aromatic heterocycles. The number of rotatable bonds is 10. The van der Waals surface area contributed by atoms with Crippen LogP contribution in [0.25, 0.3) is 121 Å². The molecule has 0 fully saturated rings. The summed E-state index contributed by atoms with van der Waals surface area (Å²) >= 11 is 0. The van der Waals surface area contributed by atoms with E-state index in [1.807, 2.05) is 18.5 Å². The fourth-order valence-corrected chi connectivity index (χ4v) is 18.4. The first-order valence-corrected chi connectivity index (χ1v) is 37.4. The molecule has 15 aromatic carbocycles. The van der Waals surface area contributed by atoms with Crippen LogP contribution in [0.15, 0.2) is 358 Å². The first-order chi connectivity index (χ1) is 52.4. The predicted molar refractivity (Wildman–Crippen MR) is 450 cm³/mol. The standard InChI is InChI=1S/C54H39N3.C48H38N2/c1-54(2)49-20-10-8-17-44(49)45-28-27-41(34-50(45)54)56(40-25-22-36(23-26-40)38-13-12-32-55-35-38)52-31-29-42(43-16-6-7-18-46(43)52)37-24-30-53-48(33-37)47-19-9-11-21-51(47)57(53)39-14-4-3-5-15-39;1-47(2)41-19-11-8-16-35(41)37-25-22-33(29-43(37)47)49(34-23-26-38-36-17-9-12-20-42(36)48(3,4)44(38)30-34)32-24-27-46-40(28-32)39-18-10-13-21-45(39)50(46)31-14-6-5-7-15-31/h3-35H,1-2H3;5-30H,1-4H3. The molecule has 0 aliphatic heterocycles. The molecule has 3 aliphatic rings. The van der Waals surface area contributed by atoms with Gasteiger partial charge < -0.3 is 18.9 Å². The zero-order valence-electron chi connectivity index (χ0n) is 60.8. The minimum atomic E-state index is -0.119. The second-order valence-corrected chi connectivity index (χ2v) is 30.6. The number of hydrogen-bond acceptors (Lipinski definition) is 3. The lowest BCUT2D eigenvalue weighted by Gasteiger charge is -2.30. The average Bonchev–Trinajstić information content (AvgIpc) is 1.73. The van der Waals surface area contributed by atoms with Crippen molar-refractivity contribution >= 4 is 88.5 Å². The van der Waals surface area contributed by atoms with E-state index in [0.29, 0.717) is 0 Å². The Bertz CT molecular complexity index is 6490. The van der Waals surface area contributed by atoms with E-state index < -0.39 is 0 Å². The van der Waals surface area contributed by atoms with Crippen molar-refractivity contribution in [3.8, 4) is 67.0 Å². The summed E-state index contributed by atoms with van der Waals surface area (Å²) in [6.45, 7) is 14.2. The van der Waals surface area contributed by atoms with Gasteiger partial charge >= 0.3 is 0 Å². The number of pyridine rings is 1. The highest BCUT2D eigenvalue weighted by atomic mass is 15.2. The molecule has 0 bridgehead atoms. The number of fused-ring (bicyclic) bond motifs is 16. The summed E-state index contributed by atoms with van der Waals surface area (Å²) in [7, 11) is 0. The number of aromatic nitrogens is 3. The number of para-hydroxylation sites is 4. The van der Waals surface area contributed by atoms with Crippen molar-refractivity contribution in [1.29, 1.82) is 0 Å². The number of nitrogens with zero attached hydrogens (tertiary/aromatic N) is 5. The molecule has 3 heterocycles. The quantitative estimate of drug-likeness (QED) is 0.137. The molecule has 0 saturated carbocycles. The van der Waals surface area contributed by atoms with Gasteiger partial charge in [0.25, 0.3) is 0 Å². The number of anilines is 6. The van der Waals surface area contributed by atoms with Crippen LogP contribution in [0.5, 0.6) is 0 Å². The van der Waals surface area contributed by atoms with Crippen LogP contribution in [0.3, 0.4) is 0 Å². The topological polar surface area (TPSA) is 29.2 Å². The third-order valence-electron chi connectivity index (χ3n) is 23.7. The van der Waals surface area contributed by atoms with Crippen molar-refractivity contribution in [2.45, 2.75) is 57.8 Å². The van der Waals surface area contributed by atoms with E-state index >= 15 is 0 Å². The van der Waals surface area contributed by atoms with Crippen LogP contribution in [0.4, 0.5) is 34.1 Å². The summed E-state index contributed by atoms with van der Waals surface area (Å²) in [6, 6.07) is 127. The van der Waals surface area contributed by atoms with E-state index in [2.05, 4.69) is 405 Å². The Hall–Kier alpha value is -13.1. The van der Waals surface area contributed by atoms with Crippen LogP contribution < -0.4 is 9.80 Å². The Balaban J connectivity index is 0.000000143. The molecule has 18 aromatic rings. The smallest absolute Gasteiger partial charge is 0.0542 e. The average molecular weight is 1370 g/mol. The molecule has 0 atom stereocenters. The first-order valence-electron chi connectivity index (χ1n) is 37.4. The molecule has 3 aliphatic carbocycles. The Morgan fingerprint density at radius 1 is 0.234 bits per heavy atom. The normalized spacial score (nSPS) is 13.7. The second kappa shape index (κ2) is 24.5. The molecule has 0 spiro atoms. The van der Waals surface area contributed by atoms with E-state index in [1.54, 1.807) is 0 Å². The maximum Gasteiger partial charge on any atom is 0.0542 e. The van der Waals surface area contributed by atoms with Gasteiger partial charge in [0.1, 0.15) is 0 Å². The van der Waals surface area contributed by atoms with Crippen LogP contribution in [-0.4, -0.2) is 14.1 Å². The van der Waals surface area contributed by atoms with E-state index in [1.165, 1.54) is 155 Å². The lowest BCUT2D eigenvalue weighted by molar-refractivity contribution is 0.660. The van der Waals surface area contributed by atoms with Gasteiger partial charge in [-0.3, -0.25) is 4.98 Å². The summed E-state index contributed by atoms with van der Waals surface area (Å²) in [5.41, 5.74) is 34.6. The van der Waals surface area contributed by atoms with Gasteiger partial charge in [-0.05, 0) is 222 Å². The Morgan fingerprint density at radius 3 is 1.11 bits per heavy atom. The van der Waals surface area contributed by atoms with Crippen LogP contribution >= 0.6 is 0 Å². The van der Waals surface area contributed by atoms with Gasteiger partial charge in [-0.2, -0.15) is 0 Å². The molecule has 5 heteroatoms. The van der Waals surface area contributed by atoms with Crippen molar-refractivity contribution in [1.82, 2.24) is 14.1 Å². The summed E-state index contributed by atoms with van der Waals surface area (Å²) in [5.74, 6) is 0. The largest absolute Gasteiger partial charge is 0.310 e. The third kappa shape index (κ3) is 10.0. The molecule has 0 saturated heterocycles. The monoisotopic (exact) mass is 1370 g/mol. The Kier molecular flexibility index (Phi) is 14.6. The lowest BCUT2D eigenvalue weighted by atomic mass is 9.82. The van der Waals surface area contributed by atoms with Gasteiger partial charge in [0, 0.05) is 95.4 Å². The Labute approximate surface area is 624 Å². The van der Waals surface area contributed by atoms with Gasteiger partial charge in [-0.25, -0.2) is 0 Å². The zero-order chi connectivity index (χ0) is 71.9. The van der Waals surface area contributed by atoms with Crippen molar-refractivity contribution in [3.63, 3.8) is 0 Å². The molecular weight excluding hydrogens is 1300 g/mol. The molecule has 510 valence electrons. The number of benzene rings is 15. The van der Waals surface area contributed by atoms with Crippen LogP contribution in [0, 0.1) is 0 Å². The summed E-state index contributed by atoms with van der Waals surface area (Å²) in [5, 5.41) is 7.41. The molecule has 0 unspecified atom stereocenters. The van der Waals surface area contributed by atoms with Crippen molar-refractivity contribution in [3.05, 3.63) is 392 Å². The van der Waals surface area contributed by atoms with Gasteiger partial charge in [0.2, 0.25) is 0 Å². The summed E-state index contributed by atoms with van der Waals surface area (Å²) in [6.07, 6.45) is 3.75. The lowest BCUT2D eigenvalue weighted by Crippen LogP contribution is -2.18. The maximum absolute atomic E-state index is 4.38. The molecule has 107 heavy (non-hydrogen) atoms. The van der Waals surface area contributed by atoms with Gasteiger partial charge in [0.15, 0.2) is 0 Å². The number of hydrogen-bond donors (Lipinski definition) is 0. The molecule has 21 rings (SSSR count). The van der Waals surface area contributed by atoms with E-state index in [0.717, 1.165) is 33.9 Å². The van der Waals surface area contributed by atoms with Crippen molar-refractivity contribution in [2.75, 3.05) is 9.80 Å². The van der Waals surface area contributed by atoms with E-state index in [-0.39, 0.29) is 16.2 Å². The highest BCUT2D eigenvalue weighted by Gasteiger charge is 2.39. The van der Waals surface area contributed by atoms with Gasteiger partial charge in [0.05, 0.1) is 27.8 Å². The minimum absolute atomic E-state index is 0.0950. The minimum Gasteiger partial charge on any atom is -0.310 e. The van der Waals surface area contributed by atoms with Crippen molar-refractivity contribution < 1.29 is 0 Å². The highest BCUT2D eigenvalue weighted by Crippen LogP contribution is 2.56. The van der Waals surface area contributed by atoms with Crippen LogP contribution in [0.1, 0.15) is 74.9 Å². The predicted octanol–water partition coefficient (Wildman–Crippen LogP) is 27.3. The maximum atomic E-state index is 4.38. The van der Waals surface area contributed by atoms with Gasteiger partial charge in [-0.1, -0.05) is 260 Å². The SMILES string of the molecule is CC1(C)c2ccccc2-c2ccc(N(c3ccc(-c4cccnc4)cc3)c3ccc(-c4ccc5c(c4)c4ccccc4n5-c4ccccc4)c4ccccc34)cc21.CC1(C)c2ccccc2-c2ccc(N(c3ccc4c(c3)C(C)(C)c3ccccc3-4)c3ccc4c(c3)c3ccccc3n4-c3ccccc3)cc21. The fraction of sp³-hybridized carbons (Fsp3) is 0.0882. The Morgan fingerprint density at radius 2 is 0.607 bits per heavy atom. The molecular formula is C102H77N5. The van der Waals surface area contributed by atoms with E-state index in [9.17, 15) is 0 Å². The van der Waals surface area contributed by atoms with E-state index in [4.69, 9.17) is 0 Å². The molecule has 0 N–H and O–H groups in total. The fourth-order valence-electron chi connectivity index (χ4n) is 18.4. The molecule has 5 nitrogen and oxygen atoms in total. The summed E-state index contributed by atoms with van der Waals surface area (Å²) < 4.78 is 4.77. The van der Waals surface area contributed by atoms with Crippen LogP contribution in [0.2, 0.25) is 0 Å². The summed E-state index contributed by atoms with van der Waals surface area (Å²) in [4.78, 5) is 9.30. The zero-order valence-corrected chi connectivity index (χ0v) is 60.8. The van der Waals surface area contributed by atoms with Crippen molar-refractivity contribution in [2.24, 2.45) is 0 Å². The third-order valence-corrected chi connectivity index (χ3v) is 23.7. The van der Waals surface area contributed by atoms with Gasteiger partial charge in [-0.15, -0.1) is 0 Å². The molecule has 0 radical (unpaired) electrons. The first kappa shape index (κ1) is 63.6. The second-order valence-electron chi connectivity index (χ2n) is 30.6. The highest BCUT2D eigenvalue weighted by molar-refractivity contribution is 6.14. The molecule has 0 amide bonds.